The van der Waals surface area contributed by atoms with Crippen molar-refractivity contribution < 1.29 is 23.1 Å². The Morgan fingerprint density at radius 2 is 2.11 bits per heavy atom. The van der Waals surface area contributed by atoms with Gasteiger partial charge in [0.05, 0.1) is 29.6 Å². The minimum Gasteiger partial charge on any atom is -0.466 e. The number of esters is 1. The summed E-state index contributed by atoms with van der Waals surface area (Å²) in [4.78, 5) is 11.9. The van der Waals surface area contributed by atoms with E-state index < -0.39 is 27.3 Å². The van der Waals surface area contributed by atoms with E-state index in [2.05, 4.69) is 0 Å². The second-order valence-corrected chi connectivity index (χ2v) is 7.08. The summed E-state index contributed by atoms with van der Waals surface area (Å²) in [5.41, 5.74) is -1.46. The van der Waals surface area contributed by atoms with Crippen molar-refractivity contribution in [3.8, 4) is 0 Å². The van der Waals surface area contributed by atoms with Gasteiger partial charge in [0, 0.05) is 0 Å². The summed E-state index contributed by atoms with van der Waals surface area (Å²) in [6.07, 6.45) is 1.89. The molecule has 1 fully saturated rings. The Hall–Kier alpha value is -0.620. The van der Waals surface area contributed by atoms with Crippen LogP contribution in [0.1, 0.15) is 39.5 Å². The number of hydrogen-bond donors (Lipinski definition) is 1. The van der Waals surface area contributed by atoms with E-state index in [1.807, 2.05) is 6.92 Å². The molecule has 0 aromatic heterocycles. The van der Waals surface area contributed by atoms with Crippen molar-refractivity contribution in [1.29, 1.82) is 0 Å². The van der Waals surface area contributed by atoms with Gasteiger partial charge in [0.1, 0.15) is 0 Å². The summed E-state index contributed by atoms with van der Waals surface area (Å²) in [6, 6.07) is 0. The lowest BCUT2D eigenvalue weighted by atomic mass is 9.82. The smallest absolute Gasteiger partial charge is 0.311 e. The fourth-order valence-corrected chi connectivity index (χ4v) is 4.37. The lowest BCUT2D eigenvalue weighted by Gasteiger charge is -2.37. The third-order valence-corrected chi connectivity index (χ3v) is 5.18. The third-order valence-electron chi connectivity index (χ3n) is 3.33. The summed E-state index contributed by atoms with van der Waals surface area (Å²) in [6.45, 7) is 3.83. The largest absolute Gasteiger partial charge is 0.466 e. The Bertz CT molecular complexity index is 389. The van der Waals surface area contributed by atoms with Crippen molar-refractivity contribution >= 4 is 15.8 Å². The predicted octanol–water partition coefficient (Wildman–Crippen LogP) is 0.905. The van der Waals surface area contributed by atoms with Gasteiger partial charge in [-0.15, -0.1) is 0 Å². The quantitative estimate of drug-likeness (QED) is 0.756. The Kier molecular flexibility index (Phi) is 5.16. The average Bonchev–Trinajstić information content (AvgIpc) is 2.24. The molecule has 1 aliphatic heterocycles. The van der Waals surface area contributed by atoms with Gasteiger partial charge in [-0.1, -0.05) is 13.3 Å². The summed E-state index contributed by atoms with van der Waals surface area (Å²) >= 11 is 0. The average molecular weight is 278 g/mol. The van der Waals surface area contributed by atoms with Crippen LogP contribution in [-0.2, 0) is 19.4 Å². The van der Waals surface area contributed by atoms with E-state index in [0.717, 1.165) is 0 Å². The lowest BCUT2D eigenvalue weighted by molar-refractivity contribution is -0.158. The monoisotopic (exact) mass is 278 g/mol. The van der Waals surface area contributed by atoms with Crippen LogP contribution in [-0.4, -0.2) is 43.2 Å². The summed E-state index contributed by atoms with van der Waals surface area (Å²) < 4.78 is 28.2. The molecule has 0 aliphatic carbocycles. The normalized spacial score (nSPS) is 28.6. The molecule has 0 spiro atoms. The van der Waals surface area contributed by atoms with Gasteiger partial charge in [-0.25, -0.2) is 8.42 Å². The van der Waals surface area contributed by atoms with Crippen molar-refractivity contribution in [3.63, 3.8) is 0 Å². The maximum Gasteiger partial charge on any atom is 0.311 e. The van der Waals surface area contributed by atoms with Crippen molar-refractivity contribution in [2.45, 2.75) is 45.1 Å². The maximum absolute atomic E-state index is 11.9. The molecule has 2 unspecified atom stereocenters. The molecule has 0 radical (unpaired) electrons. The molecule has 5 nitrogen and oxygen atoms in total. The van der Waals surface area contributed by atoms with Gasteiger partial charge in [0.15, 0.2) is 9.84 Å². The SMILES string of the molecule is CCCC(C(=O)OCC)C1(O)CCCS(=O)(=O)C1. The zero-order valence-corrected chi connectivity index (χ0v) is 11.8. The van der Waals surface area contributed by atoms with Gasteiger partial charge >= 0.3 is 5.97 Å². The highest BCUT2D eigenvalue weighted by molar-refractivity contribution is 7.91. The highest BCUT2D eigenvalue weighted by Gasteiger charge is 2.46. The van der Waals surface area contributed by atoms with Crippen molar-refractivity contribution in [1.82, 2.24) is 0 Å². The molecule has 1 rings (SSSR count). The molecule has 18 heavy (non-hydrogen) atoms. The van der Waals surface area contributed by atoms with Crippen LogP contribution >= 0.6 is 0 Å². The zero-order valence-electron chi connectivity index (χ0n) is 11.0. The van der Waals surface area contributed by atoms with E-state index in [0.29, 0.717) is 25.7 Å². The van der Waals surface area contributed by atoms with Crippen molar-refractivity contribution in [2.75, 3.05) is 18.1 Å². The first kappa shape index (κ1) is 15.4. The third kappa shape index (κ3) is 3.68. The molecule has 1 aliphatic rings. The number of ether oxygens (including phenoxy) is 1. The second-order valence-electron chi connectivity index (χ2n) is 4.89. The van der Waals surface area contributed by atoms with Crippen LogP contribution in [0.4, 0.5) is 0 Å². The molecule has 2 atom stereocenters. The standard InChI is InChI=1S/C12H22O5S/c1-3-6-10(11(13)17-4-2)12(14)7-5-8-18(15,16)9-12/h10,14H,3-9H2,1-2H3. The van der Waals surface area contributed by atoms with Gasteiger partial charge in [0.25, 0.3) is 0 Å². The second kappa shape index (κ2) is 6.02. The molecular formula is C12H22O5S. The van der Waals surface area contributed by atoms with Gasteiger partial charge in [-0.05, 0) is 26.2 Å². The van der Waals surface area contributed by atoms with Gasteiger partial charge in [-0.3, -0.25) is 4.79 Å². The predicted molar refractivity (Wildman–Crippen MR) is 67.9 cm³/mol. The molecule has 1 N–H and O–H groups in total. The van der Waals surface area contributed by atoms with Gasteiger partial charge < -0.3 is 9.84 Å². The zero-order chi connectivity index (χ0) is 13.8. The Morgan fingerprint density at radius 3 is 2.61 bits per heavy atom. The van der Waals surface area contributed by atoms with Crippen LogP contribution in [0.15, 0.2) is 0 Å². The van der Waals surface area contributed by atoms with Crippen molar-refractivity contribution in [2.24, 2.45) is 5.92 Å². The molecule has 106 valence electrons. The Morgan fingerprint density at radius 1 is 1.44 bits per heavy atom. The fourth-order valence-electron chi connectivity index (χ4n) is 2.54. The number of carbonyl (C=O) groups is 1. The molecule has 0 aromatic carbocycles. The van der Waals surface area contributed by atoms with E-state index in [1.54, 1.807) is 6.92 Å². The number of rotatable bonds is 5. The lowest BCUT2D eigenvalue weighted by Crippen LogP contribution is -2.51. The van der Waals surface area contributed by atoms with Crippen LogP contribution in [0.25, 0.3) is 0 Å². The van der Waals surface area contributed by atoms with E-state index in [9.17, 15) is 18.3 Å². The number of sulfone groups is 1. The van der Waals surface area contributed by atoms with Crippen LogP contribution in [0.5, 0.6) is 0 Å². The first-order chi connectivity index (χ1) is 8.34. The summed E-state index contributed by atoms with van der Waals surface area (Å²) in [5.74, 6) is -1.46. The van der Waals surface area contributed by atoms with E-state index >= 15 is 0 Å². The number of hydrogen-bond acceptors (Lipinski definition) is 5. The molecule has 1 saturated heterocycles. The molecule has 0 aromatic rings. The fraction of sp³-hybridized carbons (Fsp3) is 0.917. The van der Waals surface area contributed by atoms with Crippen LogP contribution in [0.3, 0.4) is 0 Å². The van der Waals surface area contributed by atoms with E-state index in [4.69, 9.17) is 4.74 Å². The molecular weight excluding hydrogens is 256 g/mol. The maximum atomic E-state index is 11.9. The summed E-state index contributed by atoms with van der Waals surface area (Å²) in [5, 5.41) is 10.5. The first-order valence-corrected chi connectivity index (χ1v) is 8.26. The molecule has 0 bridgehead atoms. The highest BCUT2D eigenvalue weighted by atomic mass is 32.2. The van der Waals surface area contributed by atoms with E-state index in [1.165, 1.54) is 0 Å². The summed E-state index contributed by atoms with van der Waals surface area (Å²) in [7, 11) is -3.26. The minimum absolute atomic E-state index is 0.0942. The van der Waals surface area contributed by atoms with Gasteiger partial charge in [0.2, 0.25) is 0 Å². The molecule has 0 saturated carbocycles. The minimum atomic E-state index is -3.26. The molecule has 0 amide bonds. The first-order valence-electron chi connectivity index (χ1n) is 6.44. The van der Waals surface area contributed by atoms with Crippen LogP contribution < -0.4 is 0 Å². The van der Waals surface area contributed by atoms with E-state index in [-0.39, 0.29) is 18.1 Å². The number of aliphatic hydroxyl groups is 1. The van der Waals surface area contributed by atoms with Crippen LogP contribution in [0.2, 0.25) is 0 Å². The molecule has 1 heterocycles. The Balaban J connectivity index is 2.92. The molecule has 6 heteroatoms. The highest BCUT2D eigenvalue weighted by Crippen LogP contribution is 2.33. The topological polar surface area (TPSA) is 80.7 Å². The van der Waals surface area contributed by atoms with Crippen molar-refractivity contribution in [3.05, 3.63) is 0 Å². The van der Waals surface area contributed by atoms with Gasteiger partial charge in [-0.2, -0.15) is 0 Å². The Labute approximate surface area is 108 Å². The van der Waals surface area contributed by atoms with Crippen LogP contribution in [0, 0.1) is 5.92 Å². The number of carbonyl (C=O) groups excluding carboxylic acids is 1.